The van der Waals surface area contributed by atoms with Crippen molar-refractivity contribution in [3.05, 3.63) is 71.5 Å². The summed E-state index contributed by atoms with van der Waals surface area (Å²) in [5, 5.41) is 5.76. The Morgan fingerprint density at radius 1 is 0.774 bits per heavy atom. The topological polar surface area (TPSA) is 173 Å². The normalized spacial score (nSPS) is 18.4. The standard InChI is InChI=1S/C39H56N4O8S2/c1-7-40-36(44)18-11-9-13-24-41-37(45)19-12-10-14-25-43-33-23-21-29(53(49,50)51)27-31(33)39(5,6)35(43)17-15-16-34-38(3,4)30-26-28(52(46,47)48)20-22-32(30)42(34)8-2/h15-17,20-23,26-27,35H,7-14,18-19,24-25H2,1-6H3,(H,40,44)(H,41,45)(H,46,47,48)(H,49,50,51)/b17-15+,34-16-. The monoisotopic (exact) mass is 772 g/mol. The minimum atomic E-state index is -4.41. The van der Waals surface area contributed by atoms with Gasteiger partial charge in [0.2, 0.25) is 11.8 Å². The number of unbranched alkanes of at least 4 members (excludes halogenated alkanes) is 4. The molecule has 1 unspecified atom stereocenters. The zero-order valence-electron chi connectivity index (χ0n) is 31.8. The third-order valence-electron chi connectivity index (χ3n) is 10.4. The molecule has 0 aliphatic carbocycles. The van der Waals surface area contributed by atoms with E-state index in [0.717, 1.165) is 66.7 Å². The summed E-state index contributed by atoms with van der Waals surface area (Å²) in [7, 11) is -8.78. The minimum absolute atomic E-state index is 0.0142. The SMILES string of the molecule is CCNC(=O)CCCCCNC(=O)CCCCCN1c2ccc(S(=O)(=O)O)cc2C(C)(C)C1/C=C/C=C1\N(CC)c2ccc(S(=O)(=O)O)cc2C1(C)C. The number of anilines is 2. The minimum Gasteiger partial charge on any atom is -0.364 e. The first-order chi connectivity index (χ1) is 24.8. The molecule has 0 saturated carbocycles. The van der Waals surface area contributed by atoms with Crippen LogP contribution in [-0.4, -0.2) is 70.0 Å². The van der Waals surface area contributed by atoms with Gasteiger partial charge in [-0.1, -0.05) is 52.7 Å². The van der Waals surface area contributed by atoms with Crippen LogP contribution in [-0.2, 0) is 40.7 Å². The first-order valence-corrected chi connectivity index (χ1v) is 21.4. The van der Waals surface area contributed by atoms with Gasteiger partial charge in [0.05, 0.1) is 15.8 Å². The maximum atomic E-state index is 12.4. The highest BCUT2D eigenvalue weighted by molar-refractivity contribution is 7.86. The van der Waals surface area contributed by atoms with Crippen molar-refractivity contribution in [3.63, 3.8) is 0 Å². The average Bonchev–Trinajstić information content (AvgIpc) is 3.43. The second kappa shape index (κ2) is 17.2. The van der Waals surface area contributed by atoms with E-state index in [2.05, 4.69) is 40.4 Å². The Kier molecular flexibility index (Phi) is 13.6. The van der Waals surface area contributed by atoms with Crippen LogP contribution in [0.15, 0.2) is 70.1 Å². The largest absolute Gasteiger partial charge is 0.364 e. The fourth-order valence-electron chi connectivity index (χ4n) is 7.59. The number of carbonyl (C=O) groups excluding carboxylic acids is 2. The van der Waals surface area contributed by atoms with Crippen LogP contribution in [0.5, 0.6) is 0 Å². The van der Waals surface area contributed by atoms with Crippen LogP contribution in [0, 0.1) is 0 Å². The van der Waals surface area contributed by atoms with Gasteiger partial charge in [0, 0.05) is 66.9 Å². The van der Waals surface area contributed by atoms with Gasteiger partial charge in [-0.3, -0.25) is 18.7 Å². The highest BCUT2D eigenvalue weighted by Gasteiger charge is 2.44. The molecule has 0 saturated heterocycles. The summed E-state index contributed by atoms with van der Waals surface area (Å²) in [5.74, 6) is 0.0734. The van der Waals surface area contributed by atoms with Gasteiger partial charge >= 0.3 is 0 Å². The maximum absolute atomic E-state index is 12.4. The second-order valence-corrected chi connectivity index (χ2v) is 17.7. The molecular weight excluding hydrogens is 717 g/mol. The molecule has 0 aromatic heterocycles. The number of amides is 2. The Balaban J connectivity index is 1.46. The predicted molar refractivity (Wildman–Crippen MR) is 209 cm³/mol. The van der Waals surface area contributed by atoms with E-state index >= 15 is 0 Å². The molecule has 1 atom stereocenters. The van der Waals surface area contributed by atoms with Crippen molar-refractivity contribution in [1.29, 1.82) is 0 Å². The molecule has 4 rings (SSSR count). The van der Waals surface area contributed by atoms with E-state index in [4.69, 9.17) is 0 Å². The fraction of sp³-hybridized carbons (Fsp3) is 0.538. The fourth-order valence-corrected chi connectivity index (χ4v) is 8.60. The van der Waals surface area contributed by atoms with Crippen molar-refractivity contribution < 1.29 is 35.5 Å². The van der Waals surface area contributed by atoms with Gasteiger partial charge < -0.3 is 20.4 Å². The number of allylic oxidation sites excluding steroid dienone is 3. The number of hydrogen-bond donors (Lipinski definition) is 4. The molecule has 0 bridgehead atoms. The zero-order valence-corrected chi connectivity index (χ0v) is 33.4. The van der Waals surface area contributed by atoms with Gasteiger partial charge in [-0.2, -0.15) is 16.8 Å². The van der Waals surface area contributed by atoms with Gasteiger partial charge in [-0.25, -0.2) is 0 Å². The molecule has 0 spiro atoms. The van der Waals surface area contributed by atoms with Gasteiger partial charge in [-0.05, 0) is 93.1 Å². The van der Waals surface area contributed by atoms with Crippen LogP contribution in [0.2, 0.25) is 0 Å². The Morgan fingerprint density at radius 3 is 1.92 bits per heavy atom. The number of carbonyl (C=O) groups is 2. The molecule has 14 heteroatoms. The number of fused-ring (bicyclic) bond motifs is 2. The van der Waals surface area contributed by atoms with E-state index in [1.54, 1.807) is 18.2 Å². The van der Waals surface area contributed by atoms with Crippen LogP contribution in [0.3, 0.4) is 0 Å². The van der Waals surface area contributed by atoms with Gasteiger partial charge in [-0.15, -0.1) is 0 Å². The molecule has 2 heterocycles. The summed E-state index contributed by atoms with van der Waals surface area (Å²) in [6.45, 7) is 14.6. The van der Waals surface area contributed by atoms with Crippen molar-refractivity contribution in [2.24, 2.45) is 0 Å². The summed E-state index contributed by atoms with van der Waals surface area (Å²) in [6, 6.07) is 9.22. The van der Waals surface area contributed by atoms with Crippen molar-refractivity contribution in [2.75, 3.05) is 36.0 Å². The maximum Gasteiger partial charge on any atom is 0.294 e. The lowest BCUT2D eigenvalue weighted by atomic mass is 9.80. The van der Waals surface area contributed by atoms with Crippen LogP contribution in [0.1, 0.15) is 104 Å². The summed E-state index contributed by atoms with van der Waals surface area (Å²) < 4.78 is 67.6. The number of benzene rings is 2. The zero-order chi connectivity index (χ0) is 39.2. The first kappa shape index (κ1) is 42.0. The van der Waals surface area contributed by atoms with Gasteiger partial charge in [0.1, 0.15) is 0 Å². The molecule has 12 nitrogen and oxygen atoms in total. The third kappa shape index (κ3) is 9.88. The molecule has 2 aromatic rings. The van der Waals surface area contributed by atoms with Crippen molar-refractivity contribution in [2.45, 2.75) is 120 Å². The molecule has 0 fully saturated rings. The molecule has 53 heavy (non-hydrogen) atoms. The quantitative estimate of drug-likeness (QED) is 0.0999. The molecule has 2 aromatic carbocycles. The highest BCUT2D eigenvalue weighted by atomic mass is 32.2. The van der Waals surface area contributed by atoms with E-state index in [-0.39, 0.29) is 27.6 Å². The average molecular weight is 773 g/mol. The number of likely N-dealkylation sites (N-methyl/N-ethyl adjacent to an activating group) is 1. The van der Waals surface area contributed by atoms with Crippen LogP contribution in [0.4, 0.5) is 11.4 Å². The first-order valence-electron chi connectivity index (χ1n) is 18.5. The van der Waals surface area contributed by atoms with Crippen LogP contribution in [0.25, 0.3) is 0 Å². The molecule has 0 radical (unpaired) electrons. The van der Waals surface area contributed by atoms with Crippen molar-refractivity contribution >= 4 is 43.4 Å². The number of hydrogen-bond acceptors (Lipinski definition) is 8. The Labute approximate surface area is 315 Å². The van der Waals surface area contributed by atoms with E-state index in [1.807, 2.05) is 39.8 Å². The number of rotatable bonds is 18. The van der Waals surface area contributed by atoms with Crippen LogP contribution >= 0.6 is 0 Å². The van der Waals surface area contributed by atoms with Crippen molar-refractivity contribution in [1.82, 2.24) is 10.6 Å². The summed E-state index contributed by atoms with van der Waals surface area (Å²) >= 11 is 0. The smallest absolute Gasteiger partial charge is 0.294 e. The number of nitrogens with zero attached hydrogens (tertiary/aromatic N) is 2. The Morgan fingerprint density at radius 2 is 1.34 bits per heavy atom. The molecule has 2 aliphatic heterocycles. The van der Waals surface area contributed by atoms with E-state index in [0.29, 0.717) is 39.0 Å². The molecule has 4 N–H and O–H groups in total. The van der Waals surface area contributed by atoms with E-state index in [9.17, 15) is 35.5 Å². The Bertz CT molecular complexity index is 1940. The number of nitrogens with one attached hydrogen (secondary N) is 2. The van der Waals surface area contributed by atoms with Gasteiger partial charge in [0.15, 0.2) is 0 Å². The molecule has 292 valence electrons. The second-order valence-electron chi connectivity index (χ2n) is 14.9. The molecule has 2 aliphatic rings. The third-order valence-corrected chi connectivity index (χ3v) is 12.1. The lowest BCUT2D eigenvalue weighted by Gasteiger charge is -2.32. The molecule has 2 amide bonds. The summed E-state index contributed by atoms with van der Waals surface area (Å²) in [5.41, 5.74) is 3.23. The van der Waals surface area contributed by atoms with Crippen molar-refractivity contribution in [3.8, 4) is 0 Å². The summed E-state index contributed by atoms with van der Waals surface area (Å²) in [6.07, 6.45) is 11.9. The lowest BCUT2D eigenvalue weighted by molar-refractivity contribution is -0.122. The molecular formula is C39H56N4O8S2. The lowest BCUT2D eigenvalue weighted by Crippen LogP contribution is -2.40. The Hall–Kier alpha value is -3.72. The summed E-state index contributed by atoms with van der Waals surface area (Å²) in [4.78, 5) is 28.1. The van der Waals surface area contributed by atoms with E-state index < -0.39 is 31.1 Å². The van der Waals surface area contributed by atoms with Crippen LogP contribution < -0.4 is 20.4 Å². The predicted octanol–water partition coefficient (Wildman–Crippen LogP) is 6.28. The highest BCUT2D eigenvalue weighted by Crippen LogP contribution is 2.49. The van der Waals surface area contributed by atoms with E-state index in [1.165, 1.54) is 18.2 Å². The van der Waals surface area contributed by atoms with Gasteiger partial charge in [0.25, 0.3) is 20.2 Å².